The van der Waals surface area contributed by atoms with Crippen LogP contribution >= 0.6 is 23.8 Å². The molecule has 6 heteroatoms. The van der Waals surface area contributed by atoms with Crippen LogP contribution in [0.3, 0.4) is 0 Å². The number of alkyl halides is 1. The van der Waals surface area contributed by atoms with Crippen molar-refractivity contribution in [3.05, 3.63) is 35.9 Å². The van der Waals surface area contributed by atoms with Crippen LogP contribution in [0.25, 0.3) is 0 Å². The summed E-state index contributed by atoms with van der Waals surface area (Å²) in [5.74, 6) is 0. The Balaban J connectivity index is 2.80. The highest BCUT2D eigenvalue weighted by atomic mass is 79.9. The second-order valence-corrected chi connectivity index (χ2v) is 5.71. The summed E-state index contributed by atoms with van der Waals surface area (Å²) in [7, 11) is -3.49. The Hall–Kier alpha value is -0.190. The molecule has 0 amide bonds. The van der Waals surface area contributed by atoms with Crippen LogP contribution in [-0.4, -0.2) is 18.5 Å². The summed E-state index contributed by atoms with van der Waals surface area (Å²) >= 11 is 3.35. The molecule has 0 aromatic heterocycles. The van der Waals surface area contributed by atoms with Gasteiger partial charge in [-0.3, -0.25) is 13.6 Å². The van der Waals surface area contributed by atoms with Gasteiger partial charge in [-0.15, -0.1) is 0 Å². The molecule has 0 aliphatic rings. The molecule has 1 aromatic rings. The Kier molecular flexibility index (Phi) is 7.12. The van der Waals surface area contributed by atoms with E-state index in [0.29, 0.717) is 5.33 Å². The molecule has 0 N–H and O–H groups in total. The topological polar surface area (TPSA) is 44.8 Å². The molecule has 0 radical (unpaired) electrons. The first-order chi connectivity index (χ1) is 8.65. The van der Waals surface area contributed by atoms with Gasteiger partial charge in [0.05, 0.1) is 13.2 Å². The summed E-state index contributed by atoms with van der Waals surface area (Å²) < 4.78 is 28.0. The van der Waals surface area contributed by atoms with Crippen LogP contribution < -0.4 is 0 Å². The van der Waals surface area contributed by atoms with Crippen LogP contribution in [-0.2, 0) is 18.1 Å². The van der Waals surface area contributed by atoms with E-state index in [1.165, 1.54) is 0 Å². The van der Waals surface area contributed by atoms with Gasteiger partial charge < -0.3 is 0 Å². The van der Waals surface area contributed by atoms with Crippen molar-refractivity contribution < 1.29 is 18.1 Å². The highest BCUT2D eigenvalue weighted by Crippen LogP contribution is 2.53. The largest absolute Gasteiger partial charge is 0.475 e. The zero-order chi connectivity index (χ0) is 13.4. The minimum absolute atomic E-state index is 0.279. The maximum absolute atomic E-state index is 12.3. The van der Waals surface area contributed by atoms with Crippen molar-refractivity contribution in [2.24, 2.45) is 0 Å². The smallest absolute Gasteiger partial charge is 0.287 e. The lowest BCUT2D eigenvalue weighted by atomic mass is 10.1. The molecule has 0 aliphatic carbocycles. The molecule has 102 valence electrons. The van der Waals surface area contributed by atoms with Gasteiger partial charge in [-0.1, -0.05) is 46.3 Å². The molecule has 18 heavy (non-hydrogen) atoms. The van der Waals surface area contributed by atoms with E-state index in [2.05, 4.69) is 15.9 Å². The van der Waals surface area contributed by atoms with Crippen molar-refractivity contribution in [2.75, 3.05) is 18.5 Å². The van der Waals surface area contributed by atoms with Crippen molar-refractivity contribution in [3.63, 3.8) is 0 Å². The molecule has 0 saturated carbocycles. The van der Waals surface area contributed by atoms with Gasteiger partial charge in [-0.05, 0) is 19.4 Å². The van der Waals surface area contributed by atoms with Crippen molar-refractivity contribution in [1.29, 1.82) is 0 Å². The van der Waals surface area contributed by atoms with Gasteiger partial charge in [0.2, 0.25) is 0 Å². The number of benzene rings is 1. The first kappa shape index (κ1) is 15.9. The van der Waals surface area contributed by atoms with Crippen molar-refractivity contribution in [1.82, 2.24) is 0 Å². The van der Waals surface area contributed by atoms with Gasteiger partial charge in [-0.25, -0.2) is 4.57 Å². The van der Waals surface area contributed by atoms with Crippen molar-refractivity contribution >= 4 is 23.8 Å². The number of hydrogen-bond donors (Lipinski definition) is 0. The minimum atomic E-state index is -3.49. The van der Waals surface area contributed by atoms with E-state index < -0.39 is 7.82 Å². The first-order valence-electron chi connectivity index (χ1n) is 5.83. The fourth-order valence-electron chi connectivity index (χ4n) is 1.42. The predicted octanol–water partition coefficient (Wildman–Crippen LogP) is 4.32. The minimum Gasteiger partial charge on any atom is -0.287 e. The van der Waals surface area contributed by atoms with Gasteiger partial charge in [-0.2, -0.15) is 0 Å². The fourth-order valence-corrected chi connectivity index (χ4v) is 3.46. The van der Waals surface area contributed by atoms with Gasteiger partial charge in [0.15, 0.2) is 0 Å². The van der Waals surface area contributed by atoms with Crippen molar-refractivity contribution in [2.45, 2.75) is 20.0 Å². The van der Waals surface area contributed by atoms with E-state index >= 15 is 0 Å². The Labute approximate surface area is 116 Å². The van der Waals surface area contributed by atoms with Gasteiger partial charge in [0.1, 0.15) is 6.10 Å². The second kappa shape index (κ2) is 8.08. The lowest BCUT2D eigenvalue weighted by molar-refractivity contribution is 0.0930. The van der Waals surface area contributed by atoms with Crippen LogP contribution in [0.5, 0.6) is 0 Å². The molecule has 1 aromatic carbocycles. The summed E-state index contributed by atoms with van der Waals surface area (Å²) in [6, 6.07) is 9.54. The molecular formula is C12H18BrO4P. The zero-order valence-electron chi connectivity index (χ0n) is 10.5. The molecular weight excluding hydrogens is 319 g/mol. The summed E-state index contributed by atoms with van der Waals surface area (Å²) in [4.78, 5) is 0. The zero-order valence-corrected chi connectivity index (χ0v) is 13.0. The molecule has 0 saturated heterocycles. The highest BCUT2D eigenvalue weighted by Gasteiger charge is 2.30. The average molecular weight is 337 g/mol. The molecule has 0 fully saturated rings. The average Bonchev–Trinajstić information content (AvgIpc) is 2.38. The predicted molar refractivity (Wildman–Crippen MR) is 74.9 cm³/mol. The maximum atomic E-state index is 12.3. The third-order valence-corrected chi connectivity index (χ3v) is 4.39. The SMILES string of the molecule is CCOP(=O)(OCC)O[C@@H](CBr)c1ccccc1. The van der Waals surface area contributed by atoms with Crippen LogP contribution in [0, 0.1) is 0 Å². The van der Waals surface area contributed by atoms with E-state index in [4.69, 9.17) is 13.6 Å². The molecule has 0 aliphatic heterocycles. The first-order valence-corrected chi connectivity index (χ1v) is 8.41. The normalized spacial score (nSPS) is 13.5. The van der Waals surface area contributed by atoms with E-state index in [-0.39, 0.29) is 19.3 Å². The monoisotopic (exact) mass is 336 g/mol. The third kappa shape index (κ3) is 4.82. The number of hydrogen-bond acceptors (Lipinski definition) is 4. The summed E-state index contributed by atoms with van der Waals surface area (Å²) in [6.45, 7) is 4.06. The highest BCUT2D eigenvalue weighted by molar-refractivity contribution is 9.09. The van der Waals surface area contributed by atoms with E-state index in [9.17, 15) is 4.57 Å². The van der Waals surface area contributed by atoms with E-state index in [0.717, 1.165) is 5.56 Å². The Morgan fingerprint density at radius 1 is 1.17 bits per heavy atom. The lowest BCUT2D eigenvalue weighted by Crippen LogP contribution is -2.08. The second-order valence-electron chi connectivity index (χ2n) is 3.44. The molecule has 1 atom stereocenters. The Morgan fingerprint density at radius 3 is 2.17 bits per heavy atom. The fraction of sp³-hybridized carbons (Fsp3) is 0.500. The molecule has 1 rings (SSSR count). The number of phosphoric ester groups is 1. The van der Waals surface area contributed by atoms with Gasteiger partial charge in [0, 0.05) is 5.33 Å². The van der Waals surface area contributed by atoms with Crippen LogP contribution in [0.1, 0.15) is 25.5 Å². The van der Waals surface area contributed by atoms with Crippen molar-refractivity contribution in [3.8, 4) is 0 Å². The quantitative estimate of drug-likeness (QED) is 0.523. The summed E-state index contributed by atoms with van der Waals surface area (Å²) in [5, 5.41) is 0.515. The molecule has 4 nitrogen and oxygen atoms in total. The van der Waals surface area contributed by atoms with Crippen LogP contribution in [0.4, 0.5) is 0 Å². The third-order valence-electron chi connectivity index (χ3n) is 2.14. The number of phosphoric acid groups is 1. The lowest BCUT2D eigenvalue weighted by Gasteiger charge is -2.22. The molecule has 0 unspecified atom stereocenters. The van der Waals surface area contributed by atoms with E-state index in [1.54, 1.807) is 13.8 Å². The number of rotatable bonds is 8. The Morgan fingerprint density at radius 2 is 1.72 bits per heavy atom. The molecule has 0 spiro atoms. The molecule has 0 heterocycles. The number of halogens is 1. The maximum Gasteiger partial charge on any atom is 0.475 e. The molecule has 0 bridgehead atoms. The van der Waals surface area contributed by atoms with Gasteiger partial charge in [0.25, 0.3) is 0 Å². The standard InChI is InChI=1S/C12H18BrO4P/c1-3-15-18(14,16-4-2)17-12(10-13)11-8-6-5-7-9-11/h5-9,12H,3-4,10H2,1-2H3/t12-/m0/s1. The Bertz CT molecular complexity index is 375. The summed E-state index contributed by atoms with van der Waals surface area (Å²) in [5.41, 5.74) is 0.925. The van der Waals surface area contributed by atoms with Crippen LogP contribution in [0.15, 0.2) is 30.3 Å². The van der Waals surface area contributed by atoms with E-state index in [1.807, 2.05) is 30.3 Å². The van der Waals surface area contributed by atoms with Crippen LogP contribution in [0.2, 0.25) is 0 Å². The summed E-state index contributed by atoms with van der Waals surface area (Å²) in [6.07, 6.45) is -0.366. The van der Waals surface area contributed by atoms with Gasteiger partial charge >= 0.3 is 7.82 Å².